The number of fused-ring (bicyclic) bond motifs is 1. The average molecular weight is 610 g/mol. The van der Waals surface area contributed by atoms with Gasteiger partial charge in [0.15, 0.2) is 15.7 Å². The van der Waals surface area contributed by atoms with E-state index in [4.69, 9.17) is 4.74 Å². The molecule has 1 aliphatic heterocycles. The number of amides is 1. The van der Waals surface area contributed by atoms with Gasteiger partial charge in [-0.3, -0.25) is 9.69 Å². The minimum Gasteiger partial charge on any atom is -0.383 e. The van der Waals surface area contributed by atoms with E-state index >= 15 is 0 Å². The molecule has 2 aromatic carbocycles. The second-order valence-corrected chi connectivity index (χ2v) is 13.0. The SMILES string of the molecule is COCC(C(=O)Nc1cccc2c(-c3nc(Nc4cccc(S(C)(=O)=O)c4F)ncc3C)c[nH]c12)N1C[C@@H](C)N[C@H](C)C1. The van der Waals surface area contributed by atoms with E-state index in [-0.39, 0.29) is 36.2 Å². The summed E-state index contributed by atoms with van der Waals surface area (Å²) >= 11 is 0. The van der Waals surface area contributed by atoms with E-state index in [9.17, 15) is 17.6 Å². The van der Waals surface area contributed by atoms with Gasteiger partial charge in [-0.2, -0.15) is 0 Å². The summed E-state index contributed by atoms with van der Waals surface area (Å²) in [7, 11) is -2.16. The molecule has 0 radical (unpaired) electrons. The molecule has 1 fully saturated rings. The third-order valence-electron chi connectivity index (χ3n) is 7.46. The van der Waals surface area contributed by atoms with E-state index in [0.717, 1.165) is 41.4 Å². The fraction of sp³-hybridized carbons (Fsp3) is 0.367. The van der Waals surface area contributed by atoms with E-state index in [1.54, 1.807) is 19.5 Å². The maximum absolute atomic E-state index is 15.0. The van der Waals surface area contributed by atoms with Gasteiger partial charge in [-0.15, -0.1) is 0 Å². The molecule has 5 rings (SSSR count). The second-order valence-electron chi connectivity index (χ2n) is 11.1. The second kappa shape index (κ2) is 12.4. The van der Waals surface area contributed by atoms with Crippen LogP contribution < -0.4 is 16.0 Å². The van der Waals surface area contributed by atoms with Crippen LogP contribution in [0.5, 0.6) is 0 Å². The number of methoxy groups -OCH3 is 1. The van der Waals surface area contributed by atoms with Crippen LogP contribution >= 0.6 is 0 Å². The minimum absolute atomic E-state index is 0.0551. The molecule has 0 bridgehead atoms. The minimum atomic E-state index is -3.76. The van der Waals surface area contributed by atoms with Gasteiger partial charge in [0.2, 0.25) is 11.9 Å². The van der Waals surface area contributed by atoms with E-state index < -0.39 is 26.6 Å². The zero-order valence-corrected chi connectivity index (χ0v) is 25.5. The van der Waals surface area contributed by atoms with Gasteiger partial charge in [0.1, 0.15) is 10.9 Å². The Morgan fingerprint density at radius 3 is 2.56 bits per heavy atom. The lowest BCUT2D eigenvalue weighted by Gasteiger charge is -2.39. The van der Waals surface area contributed by atoms with Gasteiger partial charge >= 0.3 is 0 Å². The number of rotatable bonds is 9. The highest BCUT2D eigenvalue weighted by atomic mass is 32.2. The van der Waals surface area contributed by atoms with Crippen molar-refractivity contribution < 1.29 is 22.3 Å². The summed E-state index contributed by atoms with van der Waals surface area (Å²) in [6.45, 7) is 7.79. The highest BCUT2D eigenvalue weighted by Crippen LogP contribution is 2.34. The zero-order chi connectivity index (χ0) is 30.9. The maximum atomic E-state index is 15.0. The van der Waals surface area contributed by atoms with Crippen LogP contribution in [0.3, 0.4) is 0 Å². The molecule has 3 atom stereocenters. The number of nitrogens with zero attached hydrogens (tertiary/aromatic N) is 3. The molecule has 13 heteroatoms. The van der Waals surface area contributed by atoms with Gasteiger partial charge in [-0.05, 0) is 44.5 Å². The Balaban J connectivity index is 1.43. The number of hydrogen-bond acceptors (Lipinski definition) is 9. The molecule has 4 aromatic rings. The summed E-state index contributed by atoms with van der Waals surface area (Å²) in [4.78, 5) is 27.5. The first kappa shape index (κ1) is 30.5. The van der Waals surface area contributed by atoms with Crippen LogP contribution in [0, 0.1) is 12.7 Å². The molecule has 43 heavy (non-hydrogen) atoms. The van der Waals surface area contributed by atoms with E-state index in [1.165, 1.54) is 18.2 Å². The number of anilines is 3. The first-order valence-electron chi connectivity index (χ1n) is 14.0. The van der Waals surface area contributed by atoms with Crippen molar-refractivity contribution in [2.45, 2.75) is 43.8 Å². The van der Waals surface area contributed by atoms with Crippen molar-refractivity contribution in [1.82, 2.24) is 25.2 Å². The van der Waals surface area contributed by atoms with Crippen molar-refractivity contribution in [3.63, 3.8) is 0 Å². The number of benzene rings is 2. The van der Waals surface area contributed by atoms with Crippen molar-refractivity contribution in [3.8, 4) is 11.3 Å². The molecule has 0 aliphatic carbocycles. The van der Waals surface area contributed by atoms with Gasteiger partial charge in [0.25, 0.3) is 0 Å². The number of hydrogen-bond donors (Lipinski definition) is 4. The molecule has 1 saturated heterocycles. The summed E-state index contributed by atoms with van der Waals surface area (Å²) in [6, 6.07) is 9.75. The average Bonchev–Trinajstić information content (AvgIpc) is 3.37. The molecule has 2 aromatic heterocycles. The lowest BCUT2D eigenvalue weighted by atomic mass is 10.1. The third-order valence-corrected chi connectivity index (χ3v) is 8.58. The summed E-state index contributed by atoms with van der Waals surface area (Å²) in [6.07, 6.45) is 4.36. The number of halogens is 1. The highest BCUT2D eigenvalue weighted by Gasteiger charge is 2.32. The highest BCUT2D eigenvalue weighted by molar-refractivity contribution is 7.90. The first-order chi connectivity index (χ1) is 20.5. The molecular formula is C30H36FN7O4S. The number of nitrogens with one attached hydrogen (secondary N) is 4. The topological polar surface area (TPSA) is 141 Å². The standard InChI is InChI=1S/C30H36FN7O4S/c1-17-12-33-30(36-22-9-7-11-25(26(22)31)43(5,40)41)37-27(17)21-13-32-28-20(21)8-6-10-23(28)35-29(39)24(16-42-4)38-14-18(2)34-19(3)15-38/h6-13,18-19,24,32,34H,14-16H2,1-5H3,(H,35,39)(H,33,36,37)/t18-,19-,24?/m1/s1. The third kappa shape index (κ3) is 6.54. The number of aromatic amines is 1. The van der Waals surface area contributed by atoms with E-state index in [2.05, 4.69) is 49.6 Å². The molecule has 1 aliphatic rings. The molecule has 0 spiro atoms. The summed E-state index contributed by atoms with van der Waals surface area (Å²) in [5, 5.41) is 10.2. The fourth-order valence-corrected chi connectivity index (χ4v) is 6.35. The molecule has 1 amide bonds. The zero-order valence-electron chi connectivity index (χ0n) is 24.7. The number of carbonyl (C=O) groups is 1. The Bertz CT molecular complexity index is 1750. The van der Waals surface area contributed by atoms with Gasteiger partial charge < -0.3 is 25.7 Å². The van der Waals surface area contributed by atoms with E-state index in [0.29, 0.717) is 11.4 Å². The molecular weight excluding hydrogens is 573 g/mol. The Morgan fingerprint density at radius 1 is 1.16 bits per heavy atom. The quantitative estimate of drug-likeness (QED) is 0.223. The predicted molar refractivity (Wildman–Crippen MR) is 165 cm³/mol. The molecule has 228 valence electrons. The van der Waals surface area contributed by atoms with Crippen LogP contribution in [-0.4, -0.2) is 85.4 Å². The maximum Gasteiger partial charge on any atom is 0.244 e. The molecule has 0 saturated carbocycles. The van der Waals surface area contributed by atoms with Crippen molar-refractivity contribution in [2.24, 2.45) is 0 Å². The number of carbonyl (C=O) groups excluding carboxylic acids is 1. The number of piperazine rings is 1. The number of H-pyrrole nitrogens is 1. The Morgan fingerprint density at radius 2 is 1.86 bits per heavy atom. The summed E-state index contributed by atoms with van der Waals surface area (Å²) in [5.41, 5.74) is 3.42. The Kier molecular flexibility index (Phi) is 8.79. The number of aryl methyl sites for hydroxylation is 1. The number of para-hydroxylation sites is 1. The van der Waals surface area contributed by atoms with Crippen LogP contribution in [0.25, 0.3) is 22.2 Å². The smallest absolute Gasteiger partial charge is 0.244 e. The summed E-state index contributed by atoms with van der Waals surface area (Å²) < 4.78 is 44.3. The van der Waals surface area contributed by atoms with Crippen LogP contribution in [-0.2, 0) is 19.4 Å². The van der Waals surface area contributed by atoms with Gasteiger partial charge in [-0.25, -0.2) is 22.8 Å². The molecule has 11 nitrogen and oxygen atoms in total. The van der Waals surface area contributed by atoms with Crippen LogP contribution in [0.15, 0.2) is 53.7 Å². The van der Waals surface area contributed by atoms with Gasteiger partial charge in [-0.1, -0.05) is 18.2 Å². The number of sulfone groups is 1. The lowest BCUT2D eigenvalue weighted by molar-refractivity contribution is -0.124. The first-order valence-corrected chi connectivity index (χ1v) is 15.8. The summed E-state index contributed by atoms with van der Waals surface area (Å²) in [5.74, 6) is -0.958. The molecule has 3 heterocycles. The van der Waals surface area contributed by atoms with E-state index in [1.807, 2.05) is 25.1 Å². The Hall–Kier alpha value is -3.91. The Labute approximate surface area is 250 Å². The molecule has 4 N–H and O–H groups in total. The van der Waals surface area contributed by atoms with Crippen LogP contribution in [0.2, 0.25) is 0 Å². The molecule has 1 unspecified atom stereocenters. The number of ether oxygens (including phenoxy) is 1. The normalized spacial score (nSPS) is 18.5. The number of aromatic nitrogens is 3. The van der Waals surface area contributed by atoms with Crippen molar-refractivity contribution in [3.05, 3.63) is 60.2 Å². The van der Waals surface area contributed by atoms with Crippen molar-refractivity contribution >= 4 is 44.0 Å². The largest absolute Gasteiger partial charge is 0.383 e. The monoisotopic (exact) mass is 609 g/mol. The van der Waals surface area contributed by atoms with Crippen molar-refractivity contribution in [2.75, 3.05) is 43.7 Å². The predicted octanol–water partition coefficient (Wildman–Crippen LogP) is 3.86. The van der Waals surface area contributed by atoms with Crippen LogP contribution in [0.4, 0.5) is 21.7 Å². The van der Waals surface area contributed by atoms with Gasteiger partial charge in [0.05, 0.1) is 29.2 Å². The van der Waals surface area contributed by atoms with Gasteiger partial charge in [0, 0.05) is 61.9 Å². The van der Waals surface area contributed by atoms with Crippen molar-refractivity contribution in [1.29, 1.82) is 0 Å². The van der Waals surface area contributed by atoms with Crippen LogP contribution in [0.1, 0.15) is 19.4 Å². The lowest BCUT2D eigenvalue weighted by Crippen LogP contribution is -2.60. The fourth-order valence-electron chi connectivity index (χ4n) is 5.59.